The first-order valence-corrected chi connectivity index (χ1v) is 16.4. The maximum Gasteiger partial charge on any atom is 0.320 e. The first-order valence-electron chi connectivity index (χ1n) is 16.0. The van der Waals surface area contributed by atoms with E-state index in [1.807, 2.05) is 19.2 Å². The number of nitrogens with one attached hydrogen (secondary N) is 2. The third-order valence-electron chi connectivity index (χ3n) is 8.47. The van der Waals surface area contributed by atoms with Gasteiger partial charge in [0.2, 0.25) is 0 Å². The van der Waals surface area contributed by atoms with Crippen molar-refractivity contribution in [2.24, 2.45) is 0 Å². The van der Waals surface area contributed by atoms with Gasteiger partial charge in [-0.25, -0.2) is 0 Å². The maximum atomic E-state index is 11.4. The number of benzene rings is 4. The zero-order valence-electron chi connectivity index (χ0n) is 28.0. The number of carbonyl (C=O) groups is 1. The lowest BCUT2D eigenvalue weighted by Crippen LogP contribution is -2.33. The predicted molar refractivity (Wildman–Crippen MR) is 193 cm³/mol. The van der Waals surface area contributed by atoms with Crippen LogP contribution < -0.4 is 20.1 Å². The van der Waals surface area contributed by atoms with Gasteiger partial charge in [-0.1, -0.05) is 66.2 Å². The number of halogens is 1. The molecule has 0 aliphatic carbocycles. The van der Waals surface area contributed by atoms with Crippen molar-refractivity contribution in [3.05, 3.63) is 135 Å². The minimum atomic E-state index is -0.967. The summed E-state index contributed by atoms with van der Waals surface area (Å²) in [7, 11) is 1.95. The second kappa shape index (κ2) is 16.3. The van der Waals surface area contributed by atoms with E-state index < -0.39 is 12.0 Å². The number of rotatable bonds is 14. The summed E-state index contributed by atoms with van der Waals surface area (Å²) in [5.74, 6) is -0.0604. The number of hydrogen-bond donors (Lipinski definition) is 3. The normalized spacial score (nSPS) is 11.5. The summed E-state index contributed by atoms with van der Waals surface area (Å²) in [6.07, 6.45) is 3.12. The molecule has 5 aromatic rings. The Morgan fingerprint density at radius 1 is 0.857 bits per heavy atom. The molecule has 9 heteroatoms. The van der Waals surface area contributed by atoms with E-state index >= 15 is 0 Å². The Labute approximate surface area is 292 Å². The van der Waals surface area contributed by atoms with Crippen LogP contribution in [0.5, 0.6) is 11.5 Å². The molecule has 0 spiro atoms. The summed E-state index contributed by atoms with van der Waals surface area (Å²) < 4.78 is 12.5. The standard InChI is InChI=1S/C40H39ClN4O4/c1-25-32(10-6-12-35(25)36-13-7-11-34(26(36)2)31-9-5-8-28(15-31)19-43-4)24-49-39-17-38(48-23-30-14-29(18-42)20-44-21-30)33(16-37(39)41)22-45-27(3)40(46)47/h5-17,20-21,27,43,45H,19,22-24H2,1-4H3,(H,46,47)/t27-/m1/s1. The van der Waals surface area contributed by atoms with Crippen molar-refractivity contribution in [1.82, 2.24) is 15.6 Å². The summed E-state index contributed by atoms with van der Waals surface area (Å²) in [6, 6.07) is 27.7. The van der Waals surface area contributed by atoms with Crippen LogP contribution in [0, 0.1) is 25.2 Å². The van der Waals surface area contributed by atoms with Gasteiger partial charge in [-0.3, -0.25) is 9.78 Å². The average Bonchev–Trinajstić information content (AvgIpc) is 3.10. The molecule has 0 amide bonds. The lowest BCUT2D eigenvalue weighted by atomic mass is 9.89. The van der Waals surface area contributed by atoms with Gasteiger partial charge in [0, 0.05) is 42.7 Å². The summed E-state index contributed by atoms with van der Waals surface area (Å²) in [5.41, 5.74) is 11.0. The Balaban J connectivity index is 1.40. The fourth-order valence-corrected chi connectivity index (χ4v) is 5.92. The van der Waals surface area contributed by atoms with Crippen molar-refractivity contribution in [1.29, 1.82) is 5.26 Å². The molecule has 0 saturated heterocycles. The first-order chi connectivity index (χ1) is 23.7. The van der Waals surface area contributed by atoms with Crippen LogP contribution in [-0.2, 0) is 31.1 Å². The topological polar surface area (TPSA) is 116 Å². The highest BCUT2D eigenvalue weighted by molar-refractivity contribution is 6.32. The van der Waals surface area contributed by atoms with Crippen LogP contribution in [0.25, 0.3) is 22.3 Å². The van der Waals surface area contributed by atoms with Crippen LogP contribution in [0.15, 0.2) is 91.3 Å². The third kappa shape index (κ3) is 8.64. The van der Waals surface area contributed by atoms with Gasteiger partial charge < -0.3 is 25.2 Å². The third-order valence-corrected chi connectivity index (χ3v) is 8.77. The highest BCUT2D eigenvalue weighted by Crippen LogP contribution is 2.37. The number of aliphatic carboxylic acids is 1. The van der Waals surface area contributed by atoms with E-state index in [2.05, 4.69) is 84.1 Å². The van der Waals surface area contributed by atoms with Crippen molar-refractivity contribution < 1.29 is 19.4 Å². The summed E-state index contributed by atoms with van der Waals surface area (Å²) in [5, 5.41) is 25.2. The molecule has 0 radical (unpaired) electrons. The maximum absolute atomic E-state index is 11.4. The van der Waals surface area contributed by atoms with E-state index in [0.717, 1.165) is 28.8 Å². The van der Waals surface area contributed by atoms with Crippen molar-refractivity contribution >= 4 is 17.6 Å². The number of carboxylic acid groups (broad SMARTS) is 1. The van der Waals surface area contributed by atoms with E-state index in [1.165, 1.54) is 28.5 Å². The molecule has 0 aliphatic rings. The number of ether oxygens (including phenoxy) is 2. The van der Waals surface area contributed by atoms with Gasteiger partial charge in [0.05, 0.1) is 10.6 Å². The number of nitrogens with zero attached hydrogens (tertiary/aromatic N) is 2. The highest BCUT2D eigenvalue weighted by Gasteiger charge is 2.17. The number of nitriles is 1. The molecule has 5 rings (SSSR count). The van der Waals surface area contributed by atoms with Gasteiger partial charge in [0.15, 0.2) is 0 Å². The van der Waals surface area contributed by atoms with Gasteiger partial charge in [0.1, 0.15) is 36.8 Å². The fourth-order valence-electron chi connectivity index (χ4n) is 5.68. The lowest BCUT2D eigenvalue weighted by Gasteiger charge is -2.19. The van der Waals surface area contributed by atoms with Gasteiger partial charge in [0.25, 0.3) is 0 Å². The van der Waals surface area contributed by atoms with Crippen LogP contribution >= 0.6 is 11.6 Å². The molecule has 0 fully saturated rings. The Morgan fingerprint density at radius 3 is 2.33 bits per heavy atom. The smallest absolute Gasteiger partial charge is 0.320 e. The Kier molecular flexibility index (Phi) is 11.7. The number of carboxylic acids is 1. The van der Waals surface area contributed by atoms with Gasteiger partial charge in [-0.15, -0.1) is 0 Å². The first kappa shape index (κ1) is 35.1. The quantitative estimate of drug-likeness (QED) is 0.109. The monoisotopic (exact) mass is 674 g/mol. The second-order valence-corrected chi connectivity index (χ2v) is 12.3. The van der Waals surface area contributed by atoms with E-state index in [1.54, 1.807) is 31.3 Å². The highest BCUT2D eigenvalue weighted by atomic mass is 35.5. The van der Waals surface area contributed by atoms with Gasteiger partial charge in [-0.2, -0.15) is 5.26 Å². The number of aromatic nitrogens is 1. The van der Waals surface area contributed by atoms with Crippen LogP contribution in [0.3, 0.4) is 0 Å². The van der Waals surface area contributed by atoms with Crippen LogP contribution in [0.1, 0.15) is 45.9 Å². The molecule has 3 N–H and O–H groups in total. The van der Waals surface area contributed by atoms with E-state index in [4.69, 9.17) is 21.1 Å². The number of pyridine rings is 1. The Bertz CT molecular complexity index is 2010. The predicted octanol–water partition coefficient (Wildman–Crippen LogP) is 8.00. The van der Waals surface area contributed by atoms with Crippen LogP contribution in [0.2, 0.25) is 5.02 Å². The molecule has 0 saturated carbocycles. The van der Waals surface area contributed by atoms with Gasteiger partial charge >= 0.3 is 5.97 Å². The van der Waals surface area contributed by atoms with Crippen molar-refractivity contribution in [3.63, 3.8) is 0 Å². The second-order valence-electron chi connectivity index (χ2n) is 11.9. The molecule has 0 bridgehead atoms. The Morgan fingerprint density at radius 2 is 1.57 bits per heavy atom. The van der Waals surface area contributed by atoms with Crippen molar-refractivity contribution in [2.45, 2.75) is 53.1 Å². The van der Waals surface area contributed by atoms with Crippen LogP contribution in [-0.4, -0.2) is 29.1 Å². The molecule has 49 heavy (non-hydrogen) atoms. The van der Waals surface area contributed by atoms with E-state index in [-0.39, 0.29) is 19.8 Å². The largest absolute Gasteiger partial charge is 0.488 e. The van der Waals surface area contributed by atoms with Gasteiger partial charge in [-0.05, 0) is 90.5 Å². The minimum absolute atomic E-state index is 0.143. The molecule has 0 unspecified atom stereocenters. The number of hydrogen-bond acceptors (Lipinski definition) is 7. The van der Waals surface area contributed by atoms with Crippen molar-refractivity contribution in [2.75, 3.05) is 7.05 Å². The fraction of sp³-hybridized carbons (Fsp3) is 0.225. The molecule has 1 atom stereocenters. The molecule has 0 aliphatic heterocycles. The van der Waals surface area contributed by atoms with Crippen LogP contribution in [0.4, 0.5) is 0 Å². The lowest BCUT2D eigenvalue weighted by molar-refractivity contribution is -0.139. The molecular weight excluding hydrogens is 636 g/mol. The summed E-state index contributed by atoms with van der Waals surface area (Å²) in [6.45, 7) is 7.26. The SMILES string of the molecule is CNCc1cccc(-c2cccc(-c3cccc(COc4cc(OCc5cncc(C#N)c5)c(CN[C@H](C)C(=O)O)cc4Cl)c3C)c2C)c1. The summed E-state index contributed by atoms with van der Waals surface area (Å²) >= 11 is 6.72. The molecule has 4 aromatic carbocycles. The zero-order chi connectivity index (χ0) is 34.9. The molecule has 1 heterocycles. The Hall–Kier alpha value is -5.20. The summed E-state index contributed by atoms with van der Waals surface area (Å²) in [4.78, 5) is 15.5. The molecular formula is C40H39ClN4O4. The minimum Gasteiger partial charge on any atom is -0.488 e. The average molecular weight is 675 g/mol. The van der Waals surface area contributed by atoms with Crippen molar-refractivity contribution in [3.8, 4) is 39.8 Å². The van der Waals surface area contributed by atoms with E-state index in [0.29, 0.717) is 33.2 Å². The molecule has 250 valence electrons. The zero-order valence-corrected chi connectivity index (χ0v) is 28.8. The van der Waals surface area contributed by atoms with E-state index in [9.17, 15) is 15.2 Å². The molecule has 8 nitrogen and oxygen atoms in total. The molecule has 1 aromatic heterocycles.